The maximum Gasteiger partial charge on any atom is 0.0801 e. The van der Waals surface area contributed by atoms with E-state index in [-0.39, 0.29) is 0 Å². The lowest BCUT2D eigenvalue weighted by molar-refractivity contribution is 1.33. The summed E-state index contributed by atoms with van der Waals surface area (Å²) in [5.41, 5.74) is 6.30. The third-order valence-corrected chi connectivity index (χ3v) is 7.56. The van der Waals surface area contributed by atoms with Crippen molar-refractivity contribution in [2.45, 2.75) is 0 Å². The SMILES string of the molecule is c1cncc(-c2ccc(-c3nc4c5ccccc5c5ccccc5c4c4c3ccc3cccnc34)cc2)c1. The number of rotatable bonds is 2. The molecule has 0 N–H and O–H groups in total. The zero-order valence-corrected chi connectivity index (χ0v) is 20.5. The van der Waals surface area contributed by atoms with Gasteiger partial charge >= 0.3 is 0 Å². The second-order valence-electron chi connectivity index (χ2n) is 9.66. The number of fused-ring (bicyclic) bond motifs is 10. The summed E-state index contributed by atoms with van der Waals surface area (Å²) in [6.45, 7) is 0. The Bertz CT molecular complexity index is 2160. The van der Waals surface area contributed by atoms with Gasteiger partial charge in [-0.25, -0.2) is 4.98 Å². The van der Waals surface area contributed by atoms with Crippen molar-refractivity contribution in [2.24, 2.45) is 0 Å². The highest BCUT2D eigenvalue weighted by Gasteiger charge is 2.18. The van der Waals surface area contributed by atoms with E-state index >= 15 is 0 Å². The fourth-order valence-electron chi connectivity index (χ4n) is 5.83. The first-order valence-corrected chi connectivity index (χ1v) is 12.8. The Morgan fingerprint density at radius 2 is 1.11 bits per heavy atom. The van der Waals surface area contributed by atoms with E-state index in [1.54, 1.807) is 6.20 Å². The molecule has 0 atom stereocenters. The lowest BCUT2D eigenvalue weighted by atomic mass is 9.91. The molecule has 0 spiro atoms. The molecule has 0 amide bonds. The van der Waals surface area contributed by atoms with Crippen LogP contribution in [0.5, 0.6) is 0 Å². The summed E-state index contributed by atoms with van der Waals surface area (Å²) in [4.78, 5) is 14.6. The maximum absolute atomic E-state index is 5.42. The lowest BCUT2D eigenvalue weighted by Gasteiger charge is -2.16. The van der Waals surface area contributed by atoms with Crippen molar-refractivity contribution in [3.63, 3.8) is 0 Å². The van der Waals surface area contributed by atoms with Crippen LogP contribution in [0.1, 0.15) is 0 Å². The minimum Gasteiger partial charge on any atom is -0.264 e. The minimum atomic E-state index is 0.971. The summed E-state index contributed by atoms with van der Waals surface area (Å²) >= 11 is 0. The summed E-state index contributed by atoms with van der Waals surface area (Å²) in [6, 6.07) is 38.5. The van der Waals surface area contributed by atoms with E-state index in [4.69, 9.17) is 9.97 Å². The molecule has 176 valence electrons. The zero-order chi connectivity index (χ0) is 25.1. The van der Waals surface area contributed by atoms with Crippen LogP contribution in [0.4, 0.5) is 0 Å². The first-order valence-electron chi connectivity index (χ1n) is 12.8. The van der Waals surface area contributed by atoms with Gasteiger partial charge < -0.3 is 0 Å². The van der Waals surface area contributed by atoms with Crippen LogP contribution in [0.25, 0.3) is 76.5 Å². The van der Waals surface area contributed by atoms with Crippen LogP contribution in [-0.4, -0.2) is 15.0 Å². The molecule has 8 rings (SSSR count). The first kappa shape index (κ1) is 21.0. The van der Waals surface area contributed by atoms with E-state index in [1.807, 2.05) is 24.5 Å². The molecule has 0 unspecified atom stereocenters. The monoisotopic (exact) mass is 483 g/mol. The molecule has 0 radical (unpaired) electrons. The molecule has 0 saturated carbocycles. The molecular weight excluding hydrogens is 462 g/mol. The molecule has 0 aliphatic heterocycles. The Morgan fingerprint density at radius 3 is 1.89 bits per heavy atom. The normalized spacial score (nSPS) is 11.7. The smallest absolute Gasteiger partial charge is 0.0801 e. The number of benzene rings is 5. The van der Waals surface area contributed by atoms with Crippen molar-refractivity contribution >= 4 is 54.1 Å². The molecule has 0 aliphatic rings. The van der Waals surface area contributed by atoms with E-state index in [0.29, 0.717) is 0 Å². The van der Waals surface area contributed by atoms with E-state index in [0.717, 1.165) is 60.3 Å². The predicted octanol–water partition coefficient (Wildman–Crippen LogP) is 8.97. The Balaban J connectivity index is 1.55. The van der Waals surface area contributed by atoms with Crippen LogP contribution < -0.4 is 0 Å². The standard InChI is InChI=1S/C35H21N3/c1-3-11-28-26(9-1)27-10-2-4-12-29(27)35-31(28)32-30(18-17-23-7-6-20-37-34(23)32)33(38-35)24-15-13-22(14-16-24)25-8-5-19-36-21-25/h1-21H. The number of hydrogen-bond acceptors (Lipinski definition) is 3. The topological polar surface area (TPSA) is 38.7 Å². The Labute approximate surface area is 219 Å². The van der Waals surface area contributed by atoms with Gasteiger partial charge in [0.05, 0.1) is 16.7 Å². The molecule has 3 heteroatoms. The van der Waals surface area contributed by atoms with Gasteiger partial charge in [0, 0.05) is 51.1 Å². The summed E-state index contributed by atoms with van der Waals surface area (Å²) < 4.78 is 0. The zero-order valence-electron chi connectivity index (χ0n) is 20.5. The Morgan fingerprint density at radius 1 is 0.421 bits per heavy atom. The van der Waals surface area contributed by atoms with Gasteiger partial charge in [-0.2, -0.15) is 0 Å². The molecule has 0 saturated heterocycles. The molecular formula is C35H21N3. The quantitative estimate of drug-likeness (QED) is 0.230. The van der Waals surface area contributed by atoms with Crippen molar-refractivity contribution in [3.8, 4) is 22.4 Å². The minimum absolute atomic E-state index is 0.971. The van der Waals surface area contributed by atoms with Crippen LogP contribution in [0.15, 0.2) is 128 Å². The highest BCUT2D eigenvalue weighted by atomic mass is 14.7. The number of hydrogen-bond donors (Lipinski definition) is 0. The van der Waals surface area contributed by atoms with Crippen molar-refractivity contribution in [3.05, 3.63) is 128 Å². The average Bonchev–Trinajstić information content (AvgIpc) is 3.01. The number of aromatic nitrogens is 3. The second-order valence-corrected chi connectivity index (χ2v) is 9.66. The van der Waals surface area contributed by atoms with Gasteiger partial charge in [0.15, 0.2) is 0 Å². The molecule has 3 aromatic heterocycles. The van der Waals surface area contributed by atoms with Gasteiger partial charge in [-0.3, -0.25) is 9.97 Å². The van der Waals surface area contributed by atoms with Crippen LogP contribution in [-0.2, 0) is 0 Å². The molecule has 3 heterocycles. The third-order valence-electron chi connectivity index (χ3n) is 7.56. The maximum atomic E-state index is 5.42. The van der Waals surface area contributed by atoms with Crippen LogP contribution in [0.2, 0.25) is 0 Å². The Hall–Kier alpha value is -5.15. The Kier molecular flexibility index (Phi) is 4.52. The van der Waals surface area contributed by atoms with Gasteiger partial charge in [-0.15, -0.1) is 0 Å². The summed E-state index contributed by atoms with van der Waals surface area (Å²) in [5.74, 6) is 0. The largest absolute Gasteiger partial charge is 0.264 e. The number of nitrogens with zero attached hydrogens (tertiary/aromatic N) is 3. The molecule has 8 aromatic rings. The van der Waals surface area contributed by atoms with Crippen molar-refractivity contribution in [2.75, 3.05) is 0 Å². The molecule has 5 aromatic carbocycles. The molecule has 0 bridgehead atoms. The van der Waals surface area contributed by atoms with Gasteiger partial charge in [-0.05, 0) is 39.4 Å². The van der Waals surface area contributed by atoms with E-state index < -0.39 is 0 Å². The lowest BCUT2D eigenvalue weighted by Crippen LogP contribution is -1.94. The molecule has 0 aliphatic carbocycles. The van der Waals surface area contributed by atoms with E-state index in [9.17, 15) is 0 Å². The molecule has 0 fully saturated rings. The predicted molar refractivity (Wildman–Crippen MR) is 158 cm³/mol. The van der Waals surface area contributed by atoms with Crippen LogP contribution >= 0.6 is 0 Å². The van der Waals surface area contributed by atoms with Crippen molar-refractivity contribution in [1.29, 1.82) is 0 Å². The summed E-state index contributed by atoms with van der Waals surface area (Å²) in [5, 5.41) is 9.37. The van der Waals surface area contributed by atoms with Gasteiger partial charge in [-0.1, -0.05) is 97.1 Å². The number of pyridine rings is 3. The van der Waals surface area contributed by atoms with Gasteiger partial charge in [0.25, 0.3) is 0 Å². The van der Waals surface area contributed by atoms with Gasteiger partial charge in [0.2, 0.25) is 0 Å². The first-order chi connectivity index (χ1) is 18.9. The fraction of sp³-hybridized carbons (Fsp3) is 0. The summed E-state index contributed by atoms with van der Waals surface area (Å²) in [6.07, 6.45) is 5.59. The van der Waals surface area contributed by atoms with Crippen molar-refractivity contribution < 1.29 is 0 Å². The van der Waals surface area contributed by atoms with E-state index in [1.165, 1.54) is 16.2 Å². The summed E-state index contributed by atoms with van der Waals surface area (Å²) in [7, 11) is 0. The van der Waals surface area contributed by atoms with Gasteiger partial charge in [0.1, 0.15) is 0 Å². The van der Waals surface area contributed by atoms with E-state index in [2.05, 4.69) is 102 Å². The fourth-order valence-corrected chi connectivity index (χ4v) is 5.83. The van der Waals surface area contributed by atoms with Crippen LogP contribution in [0, 0.1) is 0 Å². The molecule has 3 nitrogen and oxygen atoms in total. The second kappa shape index (κ2) is 8.19. The third kappa shape index (κ3) is 3.06. The van der Waals surface area contributed by atoms with Crippen molar-refractivity contribution in [1.82, 2.24) is 15.0 Å². The molecule has 38 heavy (non-hydrogen) atoms. The highest BCUT2D eigenvalue weighted by Crippen LogP contribution is 2.43. The van der Waals surface area contributed by atoms with Crippen LogP contribution in [0.3, 0.4) is 0 Å². The average molecular weight is 484 g/mol. The highest BCUT2D eigenvalue weighted by molar-refractivity contribution is 6.34.